The van der Waals surface area contributed by atoms with Crippen molar-refractivity contribution in [1.82, 2.24) is 0 Å². The van der Waals surface area contributed by atoms with Gasteiger partial charge in [-0.25, -0.2) is 0 Å². The van der Waals surface area contributed by atoms with Gasteiger partial charge in [-0.05, 0) is 29.8 Å². The predicted molar refractivity (Wildman–Crippen MR) is 50.9 cm³/mol. The van der Waals surface area contributed by atoms with Gasteiger partial charge < -0.3 is 10.8 Å². The Morgan fingerprint density at radius 3 is 2.64 bits per heavy atom. The molecule has 0 aliphatic carbocycles. The summed E-state index contributed by atoms with van der Waals surface area (Å²) >= 11 is 3.21. The highest BCUT2D eigenvalue weighted by Crippen LogP contribution is 2.08. The summed E-state index contributed by atoms with van der Waals surface area (Å²) in [6.07, 6.45) is 0.776. The Morgan fingerprint density at radius 2 is 2.36 bits per heavy atom. The van der Waals surface area contributed by atoms with Gasteiger partial charge in [-0.3, -0.25) is 4.99 Å². The van der Waals surface area contributed by atoms with E-state index >= 15 is 0 Å². The molecule has 64 valence electrons. The van der Waals surface area contributed by atoms with Crippen LogP contribution in [-0.2, 0) is 0 Å². The largest absolute Gasteiger partial charge is 0.404 e. The van der Waals surface area contributed by atoms with Crippen molar-refractivity contribution in [3.05, 3.63) is 11.8 Å². The van der Waals surface area contributed by atoms with Crippen molar-refractivity contribution in [2.45, 2.75) is 20.0 Å². The fourth-order valence-electron chi connectivity index (χ4n) is 0.610. The maximum Gasteiger partial charge on any atom is 0.107 e. The van der Waals surface area contributed by atoms with E-state index in [4.69, 9.17) is 10.8 Å². The number of aliphatic hydroxyl groups is 1. The molecule has 0 rings (SSSR count). The van der Waals surface area contributed by atoms with E-state index in [-0.39, 0.29) is 0 Å². The van der Waals surface area contributed by atoms with Crippen molar-refractivity contribution >= 4 is 20.6 Å². The SMILES string of the molecule is CCN=C(Br)C(=CN)C(C)O. The van der Waals surface area contributed by atoms with Gasteiger partial charge in [0.2, 0.25) is 0 Å². The van der Waals surface area contributed by atoms with Gasteiger partial charge in [0.1, 0.15) is 4.62 Å². The maximum absolute atomic E-state index is 9.15. The number of halogens is 1. The van der Waals surface area contributed by atoms with Gasteiger partial charge in [0.15, 0.2) is 0 Å². The summed E-state index contributed by atoms with van der Waals surface area (Å²) in [4.78, 5) is 4.04. The minimum Gasteiger partial charge on any atom is -0.404 e. The van der Waals surface area contributed by atoms with Crippen LogP contribution in [0.3, 0.4) is 0 Å². The number of nitrogens with two attached hydrogens (primary N) is 1. The monoisotopic (exact) mass is 220 g/mol. The van der Waals surface area contributed by atoms with Crippen molar-refractivity contribution in [1.29, 1.82) is 0 Å². The molecule has 0 aliphatic heterocycles. The molecule has 3 nitrogen and oxygen atoms in total. The average molecular weight is 221 g/mol. The van der Waals surface area contributed by atoms with Crippen LogP contribution in [0.15, 0.2) is 16.8 Å². The Morgan fingerprint density at radius 1 is 1.82 bits per heavy atom. The lowest BCUT2D eigenvalue weighted by atomic mass is 10.2. The molecule has 0 spiro atoms. The smallest absolute Gasteiger partial charge is 0.107 e. The summed E-state index contributed by atoms with van der Waals surface area (Å²) < 4.78 is 0.623. The number of hydrogen-bond donors (Lipinski definition) is 2. The van der Waals surface area contributed by atoms with Gasteiger partial charge in [0.05, 0.1) is 6.10 Å². The molecule has 11 heavy (non-hydrogen) atoms. The zero-order chi connectivity index (χ0) is 8.85. The van der Waals surface area contributed by atoms with Gasteiger partial charge >= 0.3 is 0 Å². The molecule has 1 unspecified atom stereocenters. The number of hydrogen-bond acceptors (Lipinski definition) is 3. The third-order valence-electron chi connectivity index (χ3n) is 1.16. The summed E-state index contributed by atoms with van der Waals surface area (Å²) in [5.41, 5.74) is 5.89. The lowest BCUT2D eigenvalue weighted by molar-refractivity contribution is 0.238. The van der Waals surface area contributed by atoms with Crippen LogP contribution in [0.1, 0.15) is 13.8 Å². The first-order valence-electron chi connectivity index (χ1n) is 3.43. The standard InChI is InChI=1S/C7H13BrN2O/c1-3-10-7(8)6(4-9)5(2)11/h4-5,11H,3,9H2,1-2H3. The van der Waals surface area contributed by atoms with Gasteiger partial charge in [-0.1, -0.05) is 0 Å². The van der Waals surface area contributed by atoms with E-state index in [2.05, 4.69) is 20.9 Å². The zero-order valence-corrected chi connectivity index (χ0v) is 8.30. The van der Waals surface area contributed by atoms with Crippen molar-refractivity contribution in [3.8, 4) is 0 Å². The molecule has 0 saturated carbocycles. The Kier molecular flexibility index (Phi) is 5.15. The molecule has 0 radical (unpaired) electrons. The predicted octanol–water partition coefficient (Wildman–Crippen LogP) is 1.02. The van der Waals surface area contributed by atoms with Crippen LogP contribution in [0, 0.1) is 0 Å². The van der Waals surface area contributed by atoms with Crippen molar-refractivity contribution in [2.24, 2.45) is 10.7 Å². The molecule has 0 aromatic heterocycles. The third-order valence-corrected chi connectivity index (χ3v) is 1.87. The lowest BCUT2D eigenvalue weighted by Gasteiger charge is -2.06. The van der Waals surface area contributed by atoms with Gasteiger partial charge in [0, 0.05) is 18.3 Å². The summed E-state index contributed by atoms with van der Waals surface area (Å²) in [7, 11) is 0. The third kappa shape index (κ3) is 3.53. The van der Waals surface area contributed by atoms with Crippen molar-refractivity contribution in [2.75, 3.05) is 6.54 Å². The molecule has 4 heteroatoms. The molecule has 0 saturated heterocycles. The molecule has 3 N–H and O–H groups in total. The van der Waals surface area contributed by atoms with Gasteiger partial charge in [0.25, 0.3) is 0 Å². The quantitative estimate of drug-likeness (QED) is 0.699. The maximum atomic E-state index is 9.15. The van der Waals surface area contributed by atoms with Crippen LogP contribution in [-0.4, -0.2) is 22.4 Å². The normalized spacial score (nSPS) is 16.7. The molecule has 0 heterocycles. The molecule has 0 bridgehead atoms. The second-order valence-corrected chi connectivity index (χ2v) is 2.81. The molecule has 0 aromatic carbocycles. The van der Waals surface area contributed by atoms with E-state index < -0.39 is 6.10 Å². The van der Waals surface area contributed by atoms with E-state index in [0.29, 0.717) is 16.7 Å². The van der Waals surface area contributed by atoms with E-state index in [9.17, 15) is 0 Å². The number of nitrogens with zero attached hydrogens (tertiary/aromatic N) is 1. The lowest BCUT2D eigenvalue weighted by Crippen LogP contribution is -2.12. The molecule has 0 fully saturated rings. The van der Waals surface area contributed by atoms with E-state index in [1.54, 1.807) is 6.92 Å². The fraction of sp³-hybridized carbons (Fsp3) is 0.571. The number of rotatable bonds is 3. The van der Waals surface area contributed by atoms with Crippen LogP contribution >= 0.6 is 15.9 Å². The summed E-state index contributed by atoms with van der Waals surface area (Å²) in [5, 5.41) is 9.15. The second kappa shape index (κ2) is 5.32. The topological polar surface area (TPSA) is 58.6 Å². The summed E-state index contributed by atoms with van der Waals surface area (Å²) in [6.45, 7) is 4.23. The van der Waals surface area contributed by atoms with Gasteiger partial charge in [-0.2, -0.15) is 0 Å². The van der Waals surface area contributed by atoms with Gasteiger partial charge in [-0.15, -0.1) is 0 Å². The van der Waals surface area contributed by atoms with E-state index in [1.807, 2.05) is 6.92 Å². The minimum atomic E-state index is -0.579. The molecule has 0 aromatic rings. The molecular formula is C7H13BrN2O. The van der Waals surface area contributed by atoms with Crippen molar-refractivity contribution < 1.29 is 5.11 Å². The Hall–Kier alpha value is -0.350. The van der Waals surface area contributed by atoms with Crippen LogP contribution in [0.5, 0.6) is 0 Å². The van der Waals surface area contributed by atoms with Crippen molar-refractivity contribution in [3.63, 3.8) is 0 Å². The van der Waals surface area contributed by atoms with Crippen LogP contribution in [0.2, 0.25) is 0 Å². The first-order valence-corrected chi connectivity index (χ1v) is 4.23. The average Bonchev–Trinajstić information content (AvgIpc) is 1.88. The Bertz CT molecular complexity index is 175. The minimum absolute atomic E-state index is 0.579. The first-order chi connectivity index (χ1) is 5.13. The van der Waals surface area contributed by atoms with E-state index in [1.165, 1.54) is 6.20 Å². The Balaban J connectivity index is 4.40. The van der Waals surface area contributed by atoms with Crippen LogP contribution in [0.25, 0.3) is 0 Å². The first kappa shape index (κ1) is 10.7. The van der Waals surface area contributed by atoms with E-state index in [0.717, 1.165) is 0 Å². The molecule has 0 amide bonds. The summed E-state index contributed by atoms with van der Waals surface area (Å²) in [5.74, 6) is 0. The molecule has 1 atom stereocenters. The zero-order valence-electron chi connectivity index (χ0n) is 6.71. The molecule has 0 aliphatic rings. The number of aliphatic hydroxyl groups excluding tert-OH is 1. The highest BCUT2D eigenvalue weighted by atomic mass is 79.9. The summed E-state index contributed by atoms with van der Waals surface area (Å²) in [6, 6.07) is 0. The highest BCUT2D eigenvalue weighted by Gasteiger charge is 2.07. The number of aliphatic imine (C=N–C) groups is 1. The molecular weight excluding hydrogens is 208 g/mol. The van der Waals surface area contributed by atoms with Crippen LogP contribution < -0.4 is 5.73 Å². The fourth-order valence-corrected chi connectivity index (χ4v) is 1.32. The van der Waals surface area contributed by atoms with Crippen LogP contribution in [0.4, 0.5) is 0 Å². The Labute approximate surface area is 75.1 Å². The highest BCUT2D eigenvalue weighted by molar-refractivity contribution is 9.18. The second-order valence-electron chi connectivity index (χ2n) is 2.06.